The molecule has 0 bridgehead atoms. The van der Waals surface area contributed by atoms with Gasteiger partial charge in [-0.1, -0.05) is 13.8 Å². The van der Waals surface area contributed by atoms with E-state index in [2.05, 4.69) is 40.2 Å². The first-order valence-electron chi connectivity index (χ1n) is 4.68. The lowest BCUT2D eigenvalue weighted by Crippen LogP contribution is -2.06. The van der Waals surface area contributed by atoms with Crippen LogP contribution in [0.4, 0.5) is 0 Å². The van der Waals surface area contributed by atoms with Gasteiger partial charge < -0.3 is 4.74 Å². The molecule has 2 nitrogen and oxygen atoms in total. The zero-order valence-corrected chi connectivity index (χ0v) is 10.3. The molecule has 1 N–H and O–H groups in total. The lowest BCUT2D eigenvalue weighted by molar-refractivity contribution is 0.126. The first-order chi connectivity index (χ1) is 5.77. The summed E-state index contributed by atoms with van der Waals surface area (Å²) in [5.41, 5.74) is 0. The van der Waals surface area contributed by atoms with Crippen LogP contribution in [0, 0.1) is 5.92 Å². The lowest BCUT2D eigenvalue weighted by atomic mass is 10.1. The van der Waals surface area contributed by atoms with Gasteiger partial charge in [-0.3, -0.25) is 3.53 Å². The molecular weight excluding hydrogens is 265 g/mol. The van der Waals surface area contributed by atoms with E-state index < -0.39 is 0 Å². The third-order valence-corrected chi connectivity index (χ3v) is 2.17. The predicted molar refractivity (Wildman–Crippen MR) is 61.5 cm³/mol. The molecule has 0 atom stereocenters. The molecule has 0 aliphatic heterocycles. The van der Waals surface area contributed by atoms with E-state index in [-0.39, 0.29) is 0 Å². The van der Waals surface area contributed by atoms with Gasteiger partial charge in [0.1, 0.15) is 0 Å². The largest absolute Gasteiger partial charge is 0.381 e. The fraction of sp³-hybridized carbons (Fsp3) is 1.00. The number of hydrogen-bond donors (Lipinski definition) is 1. The van der Waals surface area contributed by atoms with Crippen molar-refractivity contribution in [1.82, 2.24) is 3.53 Å². The third-order valence-electron chi connectivity index (χ3n) is 1.63. The Morgan fingerprint density at radius 1 is 1.25 bits per heavy atom. The molecule has 74 valence electrons. The van der Waals surface area contributed by atoms with Crippen LogP contribution in [0.1, 0.15) is 33.1 Å². The van der Waals surface area contributed by atoms with E-state index in [9.17, 15) is 0 Å². The highest BCUT2D eigenvalue weighted by Gasteiger charge is 1.93. The van der Waals surface area contributed by atoms with Crippen LogP contribution in [0.15, 0.2) is 0 Å². The maximum absolute atomic E-state index is 5.44. The predicted octanol–water partition coefficient (Wildman–Crippen LogP) is 2.77. The van der Waals surface area contributed by atoms with Gasteiger partial charge in [0.2, 0.25) is 0 Å². The van der Waals surface area contributed by atoms with Gasteiger partial charge in [0.05, 0.1) is 0 Å². The fourth-order valence-corrected chi connectivity index (χ4v) is 1.32. The zero-order valence-electron chi connectivity index (χ0n) is 8.11. The number of halogens is 1. The first-order valence-corrected chi connectivity index (χ1v) is 5.76. The zero-order chi connectivity index (χ0) is 9.23. The summed E-state index contributed by atoms with van der Waals surface area (Å²) < 4.78 is 8.51. The van der Waals surface area contributed by atoms with E-state index in [0.29, 0.717) is 0 Å². The summed E-state index contributed by atoms with van der Waals surface area (Å²) in [7, 11) is 0. The van der Waals surface area contributed by atoms with Crippen molar-refractivity contribution in [3.63, 3.8) is 0 Å². The highest BCUT2D eigenvalue weighted by atomic mass is 127. The van der Waals surface area contributed by atoms with Crippen molar-refractivity contribution >= 4 is 22.9 Å². The summed E-state index contributed by atoms with van der Waals surface area (Å²) in [6.07, 6.45) is 3.60. The van der Waals surface area contributed by atoms with Crippen molar-refractivity contribution < 1.29 is 4.74 Å². The molecule has 0 rings (SSSR count). The van der Waals surface area contributed by atoms with E-state index in [0.717, 1.165) is 32.1 Å². The van der Waals surface area contributed by atoms with Crippen LogP contribution in [0.2, 0.25) is 0 Å². The molecule has 0 saturated heterocycles. The molecule has 0 heterocycles. The van der Waals surface area contributed by atoms with Gasteiger partial charge in [-0.2, -0.15) is 0 Å². The minimum Gasteiger partial charge on any atom is -0.381 e. The summed E-state index contributed by atoms with van der Waals surface area (Å²) >= 11 is 2.16. The quantitative estimate of drug-likeness (QED) is 0.420. The average Bonchev–Trinajstić information content (AvgIpc) is 2.02. The Hall–Kier alpha value is 0.650. The molecule has 0 spiro atoms. The Bertz CT molecular complexity index is 88.6. The molecule has 0 aliphatic carbocycles. The summed E-state index contributed by atoms with van der Waals surface area (Å²) in [4.78, 5) is 0. The highest BCUT2D eigenvalue weighted by Crippen LogP contribution is 2.02. The molecule has 0 aromatic carbocycles. The molecule has 0 amide bonds. The van der Waals surface area contributed by atoms with E-state index in [4.69, 9.17) is 4.74 Å². The van der Waals surface area contributed by atoms with Gasteiger partial charge in [0, 0.05) is 42.6 Å². The Balaban J connectivity index is 2.82. The van der Waals surface area contributed by atoms with Crippen LogP contribution >= 0.6 is 22.9 Å². The van der Waals surface area contributed by atoms with Gasteiger partial charge in [-0.25, -0.2) is 0 Å². The maximum Gasteiger partial charge on any atom is 0.0478 e. The molecule has 0 unspecified atom stereocenters. The lowest BCUT2D eigenvalue weighted by Gasteiger charge is -2.05. The smallest absolute Gasteiger partial charge is 0.0478 e. The van der Waals surface area contributed by atoms with Crippen molar-refractivity contribution in [2.24, 2.45) is 5.92 Å². The van der Waals surface area contributed by atoms with Crippen LogP contribution in [0.25, 0.3) is 0 Å². The molecule has 0 radical (unpaired) electrons. The second-order valence-corrected chi connectivity index (χ2v) is 4.15. The second-order valence-electron chi connectivity index (χ2n) is 3.39. The normalized spacial score (nSPS) is 11.0. The Morgan fingerprint density at radius 3 is 2.50 bits per heavy atom. The minimum absolute atomic E-state index is 0.810. The third kappa shape index (κ3) is 10.7. The number of ether oxygens (including phenoxy) is 1. The van der Waals surface area contributed by atoms with Crippen LogP contribution in [-0.2, 0) is 4.74 Å². The van der Waals surface area contributed by atoms with Crippen molar-refractivity contribution in [3.05, 3.63) is 0 Å². The summed E-state index contributed by atoms with van der Waals surface area (Å²) in [6, 6.07) is 0. The number of rotatable bonds is 8. The van der Waals surface area contributed by atoms with Gasteiger partial charge in [0.25, 0.3) is 0 Å². The molecule has 0 aromatic rings. The fourth-order valence-electron chi connectivity index (χ4n) is 0.937. The monoisotopic (exact) mass is 285 g/mol. The van der Waals surface area contributed by atoms with E-state index in [1.165, 1.54) is 12.8 Å². The van der Waals surface area contributed by atoms with Crippen molar-refractivity contribution in [1.29, 1.82) is 0 Å². The molecule has 12 heavy (non-hydrogen) atoms. The van der Waals surface area contributed by atoms with Crippen LogP contribution in [0.5, 0.6) is 0 Å². The summed E-state index contributed by atoms with van der Waals surface area (Å²) in [5, 5.41) is 0. The standard InChI is InChI=1S/C9H20INO/c1-9(2)5-3-7-12-8-4-6-11-10/h9,11H,3-8H2,1-2H3. The molecule has 0 saturated carbocycles. The molecule has 0 aliphatic rings. The van der Waals surface area contributed by atoms with Crippen LogP contribution in [0.3, 0.4) is 0 Å². The van der Waals surface area contributed by atoms with Gasteiger partial charge in [-0.15, -0.1) is 0 Å². The first kappa shape index (κ1) is 12.7. The van der Waals surface area contributed by atoms with Gasteiger partial charge >= 0.3 is 0 Å². The minimum atomic E-state index is 0.810. The van der Waals surface area contributed by atoms with Crippen LogP contribution < -0.4 is 3.53 Å². The van der Waals surface area contributed by atoms with Gasteiger partial charge in [-0.05, 0) is 25.2 Å². The molecule has 0 fully saturated rings. The van der Waals surface area contributed by atoms with Crippen molar-refractivity contribution in [3.8, 4) is 0 Å². The average molecular weight is 285 g/mol. The number of hydrogen-bond acceptors (Lipinski definition) is 2. The Kier molecular flexibility index (Phi) is 10.3. The topological polar surface area (TPSA) is 21.3 Å². The Morgan fingerprint density at radius 2 is 1.92 bits per heavy atom. The van der Waals surface area contributed by atoms with Crippen molar-refractivity contribution in [2.45, 2.75) is 33.1 Å². The van der Waals surface area contributed by atoms with E-state index in [1.807, 2.05) is 0 Å². The van der Waals surface area contributed by atoms with E-state index in [1.54, 1.807) is 0 Å². The maximum atomic E-state index is 5.44. The van der Waals surface area contributed by atoms with E-state index >= 15 is 0 Å². The van der Waals surface area contributed by atoms with Crippen molar-refractivity contribution in [2.75, 3.05) is 19.8 Å². The summed E-state index contributed by atoms with van der Waals surface area (Å²) in [5.74, 6) is 0.810. The molecule has 0 aromatic heterocycles. The highest BCUT2D eigenvalue weighted by molar-refractivity contribution is 14.1. The van der Waals surface area contributed by atoms with Crippen LogP contribution in [-0.4, -0.2) is 19.8 Å². The molecule has 3 heteroatoms. The summed E-state index contributed by atoms with van der Waals surface area (Å²) in [6.45, 7) is 7.37. The SMILES string of the molecule is CC(C)CCCOCCCNI. The van der Waals surface area contributed by atoms with Gasteiger partial charge in [0.15, 0.2) is 0 Å². The molecular formula is C9H20INO. The second kappa shape index (κ2) is 9.74. The Labute approximate surface area is 89.9 Å². The number of nitrogens with one attached hydrogen (secondary N) is 1.